The molecule has 1 heterocycles. The Morgan fingerprint density at radius 2 is 1.90 bits per heavy atom. The van der Waals surface area contributed by atoms with Crippen LogP contribution in [-0.4, -0.2) is 9.55 Å². The van der Waals surface area contributed by atoms with E-state index in [0.29, 0.717) is 10.0 Å². The lowest BCUT2D eigenvalue weighted by Crippen LogP contribution is -2.00. The fourth-order valence-corrected chi connectivity index (χ4v) is 3.52. The molecular formula is C14H8Cl3IN2. The highest BCUT2D eigenvalue weighted by Crippen LogP contribution is 2.32. The second-order valence-corrected chi connectivity index (χ2v) is 6.53. The highest BCUT2D eigenvalue weighted by molar-refractivity contribution is 14.1. The van der Waals surface area contributed by atoms with Crippen molar-refractivity contribution in [1.82, 2.24) is 9.55 Å². The van der Waals surface area contributed by atoms with Gasteiger partial charge in [0.2, 0.25) is 0 Å². The molecule has 0 saturated heterocycles. The van der Waals surface area contributed by atoms with Gasteiger partial charge in [0.05, 0.1) is 32.6 Å². The number of fused-ring (bicyclic) bond motifs is 1. The second-order valence-electron chi connectivity index (χ2n) is 4.20. The van der Waals surface area contributed by atoms with Crippen LogP contribution in [-0.2, 0) is 5.88 Å². The predicted octanol–water partition coefficient (Wildman–Crippen LogP) is 5.68. The van der Waals surface area contributed by atoms with E-state index < -0.39 is 0 Å². The monoisotopic (exact) mass is 436 g/mol. The SMILES string of the molecule is ClCc1nc2cccc(Cl)c2n1-c1ccc(I)cc1Cl. The first-order valence-electron chi connectivity index (χ1n) is 5.79. The van der Waals surface area contributed by atoms with Crippen LogP contribution in [0.1, 0.15) is 5.82 Å². The lowest BCUT2D eigenvalue weighted by atomic mass is 10.2. The van der Waals surface area contributed by atoms with E-state index in [0.717, 1.165) is 26.1 Å². The molecule has 0 radical (unpaired) electrons. The molecule has 3 aromatic rings. The Kier molecular flexibility index (Phi) is 4.13. The van der Waals surface area contributed by atoms with Crippen LogP contribution in [0.3, 0.4) is 0 Å². The van der Waals surface area contributed by atoms with Crippen molar-refractivity contribution in [2.45, 2.75) is 5.88 Å². The molecule has 0 bridgehead atoms. The number of imidazole rings is 1. The van der Waals surface area contributed by atoms with Crippen LogP contribution >= 0.6 is 57.4 Å². The van der Waals surface area contributed by atoms with Crippen LogP contribution in [0, 0.1) is 3.57 Å². The highest BCUT2D eigenvalue weighted by atomic mass is 127. The molecule has 2 nitrogen and oxygen atoms in total. The van der Waals surface area contributed by atoms with Crippen molar-refractivity contribution in [3.8, 4) is 5.69 Å². The summed E-state index contributed by atoms with van der Waals surface area (Å²) in [4.78, 5) is 4.52. The lowest BCUT2D eigenvalue weighted by Gasteiger charge is -2.11. The van der Waals surface area contributed by atoms with Crippen LogP contribution in [0.25, 0.3) is 16.7 Å². The summed E-state index contributed by atoms with van der Waals surface area (Å²) < 4.78 is 2.99. The topological polar surface area (TPSA) is 17.8 Å². The summed E-state index contributed by atoms with van der Waals surface area (Å²) in [7, 11) is 0. The summed E-state index contributed by atoms with van der Waals surface area (Å²) in [6, 6.07) is 11.5. The summed E-state index contributed by atoms with van der Waals surface area (Å²) in [5.74, 6) is 1.01. The van der Waals surface area contributed by atoms with Gasteiger partial charge in [0, 0.05) is 3.57 Å². The molecule has 0 aliphatic carbocycles. The summed E-state index contributed by atoms with van der Waals surface area (Å²) >= 11 is 20.9. The van der Waals surface area contributed by atoms with Gasteiger partial charge in [0.15, 0.2) is 0 Å². The molecule has 2 aromatic carbocycles. The van der Waals surface area contributed by atoms with E-state index >= 15 is 0 Å². The van der Waals surface area contributed by atoms with E-state index in [1.165, 1.54) is 0 Å². The molecule has 0 spiro atoms. The molecule has 0 fully saturated rings. The standard InChI is InChI=1S/C14H8Cl3IN2/c15-7-13-19-11-3-1-2-9(16)14(11)20(13)12-5-4-8(18)6-10(12)17/h1-6H,7H2. The van der Waals surface area contributed by atoms with Crippen molar-refractivity contribution in [2.75, 3.05) is 0 Å². The molecule has 0 aliphatic rings. The molecule has 1 aromatic heterocycles. The highest BCUT2D eigenvalue weighted by Gasteiger charge is 2.16. The smallest absolute Gasteiger partial charge is 0.129 e. The van der Waals surface area contributed by atoms with E-state index in [1.54, 1.807) is 0 Å². The van der Waals surface area contributed by atoms with Gasteiger partial charge >= 0.3 is 0 Å². The van der Waals surface area contributed by atoms with Gasteiger partial charge in [-0.1, -0.05) is 29.3 Å². The van der Waals surface area contributed by atoms with E-state index in [9.17, 15) is 0 Å². The van der Waals surface area contributed by atoms with Crippen LogP contribution in [0.15, 0.2) is 36.4 Å². The average Bonchev–Trinajstić information content (AvgIpc) is 2.79. The van der Waals surface area contributed by atoms with Crippen molar-refractivity contribution >= 4 is 68.4 Å². The molecule has 0 atom stereocenters. The number of alkyl halides is 1. The molecule has 102 valence electrons. The first kappa shape index (κ1) is 14.4. The van der Waals surface area contributed by atoms with Gasteiger partial charge < -0.3 is 0 Å². The van der Waals surface area contributed by atoms with Crippen molar-refractivity contribution in [2.24, 2.45) is 0 Å². The Bertz CT molecular complexity index is 798. The summed E-state index contributed by atoms with van der Waals surface area (Å²) in [5, 5.41) is 1.27. The number of rotatable bonds is 2. The average molecular weight is 437 g/mol. The van der Waals surface area contributed by atoms with Gasteiger partial charge in [0.25, 0.3) is 0 Å². The molecule has 0 unspecified atom stereocenters. The molecule has 0 aliphatic heterocycles. The first-order chi connectivity index (χ1) is 9.61. The number of para-hydroxylation sites is 1. The van der Waals surface area contributed by atoms with E-state index in [4.69, 9.17) is 34.8 Å². The zero-order valence-electron chi connectivity index (χ0n) is 10.1. The van der Waals surface area contributed by atoms with Gasteiger partial charge in [-0.3, -0.25) is 4.57 Å². The number of hydrogen-bond acceptors (Lipinski definition) is 1. The van der Waals surface area contributed by atoms with Crippen LogP contribution < -0.4 is 0 Å². The summed E-state index contributed by atoms with van der Waals surface area (Å²) in [6.07, 6.45) is 0. The maximum atomic E-state index is 6.36. The minimum absolute atomic E-state index is 0.285. The number of aromatic nitrogens is 2. The van der Waals surface area contributed by atoms with Gasteiger partial charge in [-0.15, -0.1) is 11.6 Å². The molecular weight excluding hydrogens is 429 g/mol. The van der Waals surface area contributed by atoms with Gasteiger partial charge in [-0.2, -0.15) is 0 Å². The van der Waals surface area contributed by atoms with Gasteiger partial charge in [-0.05, 0) is 52.9 Å². The summed E-state index contributed by atoms with van der Waals surface area (Å²) in [5.41, 5.74) is 2.47. The fraction of sp³-hybridized carbons (Fsp3) is 0.0714. The minimum Gasteiger partial charge on any atom is -0.292 e. The predicted molar refractivity (Wildman–Crippen MR) is 93.4 cm³/mol. The molecule has 6 heteroatoms. The Labute approximate surface area is 144 Å². The number of halogens is 4. The zero-order valence-corrected chi connectivity index (χ0v) is 14.5. The zero-order chi connectivity index (χ0) is 14.3. The van der Waals surface area contributed by atoms with Gasteiger partial charge in [0.1, 0.15) is 5.82 Å². The number of nitrogens with zero attached hydrogens (tertiary/aromatic N) is 2. The van der Waals surface area contributed by atoms with Crippen molar-refractivity contribution < 1.29 is 0 Å². The van der Waals surface area contributed by atoms with Gasteiger partial charge in [-0.25, -0.2) is 4.98 Å². The first-order valence-corrected chi connectivity index (χ1v) is 8.16. The lowest BCUT2D eigenvalue weighted by molar-refractivity contribution is 0.981. The van der Waals surface area contributed by atoms with Crippen molar-refractivity contribution in [3.05, 3.63) is 55.8 Å². The minimum atomic E-state index is 0.285. The van der Waals surface area contributed by atoms with E-state index in [-0.39, 0.29) is 5.88 Å². The Morgan fingerprint density at radius 3 is 2.60 bits per heavy atom. The molecule has 0 saturated carbocycles. The number of benzene rings is 2. The third-order valence-corrected chi connectivity index (χ3v) is 4.48. The molecule has 3 rings (SSSR count). The van der Waals surface area contributed by atoms with E-state index in [2.05, 4.69) is 27.6 Å². The quantitative estimate of drug-likeness (QED) is 0.373. The normalized spacial score (nSPS) is 11.2. The molecule has 0 amide bonds. The maximum absolute atomic E-state index is 6.36. The Hall–Kier alpha value is -0.490. The van der Waals surface area contributed by atoms with Crippen LogP contribution in [0.2, 0.25) is 10.0 Å². The molecule has 0 N–H and O–H groups in total. The van der Waals surface area contributed by atoms with Crippen molar-refractivity contribution in [1.29, 1.82) is 0 Å². The Balaban J connectivity index is 2.39. The second kappa shape index (κ2) is 5.72. The fourth-order valence-electron chi connectivity index (χ4n) is 2.15. The largest absolute Gasteiger partial charge is 0.292 e. The van der Waals surface area contributed by atoms with Crippen molar-refractivity contribution in [3.63, 3.8) is 0 Å². The van der Waals surface area contributed by atoms with Crippen LogP contribution in [0.5, 0.6) is 0 Å². The third kappa shape index (κ3) is 2.41. The maximum Gasteiger partial charge on any atom is 0.129 e. The summed E-state index contributed by atoms with van der Waals surface area (Å²) in [6.45, 7) is 0. The third-order valence-electron chi connectivity index (χ3n) is 2.97. The van der Waals surface area contributed by atoms with Crippen LogP contribution in [0.4, 0.5) is 0 Å². The molecule has 20 heavy (non-hydrogen) atoms. The number of hydrogen-bond donors (Lipinski definition) is 0. The Morgan fingerprint density at radius 1 is 1.10 bits per heavy atom. The van der Waals surface area contributed by atoms with E-state index in [1.807, 2.05) is 41.0 Å².